The molecule has 1 aliphatic rings. The summed E-state index contributed by atoms with van der Waals surface area (Å²) in [6.45, 7) is 0. The molecule has 0 fully saturated rings. The molecule has 0 radical (unpaired) electrons. The molecule has 3 aromatic rings. The number of hydrogen-bond acceptors (Lipinski definition) is 3. The summed E-state index contributed by atoms with van der Waals surface area (Å²) in [6, 6.07) is 19.7. The predicted octanol–water partition coefficient (Wildman–Crippen LogP) is 5.67. The van der Waals surface area contributed by atoms with Crippen molar-refractivity contribution in [1.82, 2.24) is 0 Å². The van der Waals surface area contributed by atoms with Gasteiger partial charge in [-0.3, -0.25) is 0 Å². The van der Waals surface area contributed by atoms with Crippen LogP contribution in [0.25, 0.3) is 11.6 Å². The first-order valence-electron chi connectivity index (χ1n) is 10.5. The maximum atomic E-state index is 11.1. The molecule has 0 unspecified atom stereocenters. The van der Waals surface area contributed by atoms with Gasteiger partial charge in [-0.25, -0.2) is 4.79 Å². The molecule has 0 spiro atoms. The Hall–Kier alpha value is -3.53. The normalized spacial score (nSPS) is 13.8. The second-order valence-electron chi connectivity index (χ2n) is 7.71. The highest BCUT2D eigenvalue weighted by molar-refractivity contribution is 5.89. The van der Waals surface area contributed by atoms with Crippen LogP contribution in [-0.4, -0.2) is 25.3 Å². The van der Waals surface area contributed by atoms with Crippen LogP contribution in [0.5, 0.6) is 11.5 Å². The molecule has 0 amide bonds. The molecule has 0 atom stereocenters. The van der Waals surface area contributed by atoms with Gasteiger partial charge in [-0.1, -0.05) is 42.5 Å². The summed E-state index contributed by atoms with van der Waals surface area (Å²) < 4.78 is 11.1. The number of aromatic carboxylic acids is 1. The molecule has 0 heterocycles. The number of ether oxygens (including phenoxy) is 2. The molecule has 158 valence electrons. The zero-order valence-electron chi connectivity index (χ0n) is 17.9. The summed E-state index contributed by atoms with van der Waals surface area (Å²) in [5, 5.41) is 9.09. The van der Waals surface area contributed by atoms with Crippen molar-refractivity contribution in [2.75, 3.05) is 14.2 Å². The first-order chi connectivity index (χ1) is 15.1. The van der Waals surface area contributed by atoms with Crippen LogP contribution in [0.2, 0.25) is 0 Å². The molecular weight excluding hydrogens is 388 g/mol. The molecule has 4 heteroatoms. The van der Waals surface area contributed by atoms with Crippen LogP contribution >= 0.6 is 0 Å². The average molecular weight is 415 g/mol. The van der Waals surface area contributed by atoms with Gasteiger partial charge in [0.15, 0.2) is 11.5 Å². The highest BCUT2D eigenvalue weighted by Gasteiger charge is 2.20. The molecule has 0 aliphatic heterocycles. The van der Waals surface area contributed by atoms with Crippen molar-refractivity contribution in [2.24, 2.45) is 0 Å². The van der Waals surface area contributed by atoms with Crippen LogP contribution in [0.1, 0.15) is 44.6 Å². The van der Waals surface area contributed by atoms with Gasteiger partial charge in [0.2, 0.25) is 0 Å². The Balaban J connectivity index is 1.62. The molecule has 0 saturated carbocycles. The van der Waals surface area contributed by atoms with Crippen LogP contribution in [0.4, 0.5) is 0 Å². The highest BCUT2D eigenvalue weighted by Crippen LogP contribution is 2.39. The SMILES string of the molecule is COc1cccc(/C=C2\CCc3cccc(CCc4ccc(C(=O)O)cc4)c32)c1OC. The van der Waals surface area contributed by atoms with Gasteiger partial charge in [-0.2, -0.15) is 0 Å². The average Bonchev–Trinajstić information content (AvgIpc) is 3.21. The van der Waals surface area contributed by atoms with Crippen LogP contribution in [0.3, 0.4) is 0 Å². The van der Waals surface area contributed by atoms with E-state index >= 15 is 0 Å². The number of aryl methyl sites for hydroxylation is 3. The Bertz CT molecular complexity index is 1130. The minimum Gasteiger partial charge on any atom is -0.493 e. The van der Waals surface area contributed by atoms with Gasteiger partial charge in [-0.15, -0.1) is 0 Å². The molecule has 0 saturated heterocycles. The second kappa shape index (κ2) is 9.09. The summed E-state index contributed by atoms with van der Waals surface area (Å²) in [5.74, 6) is 0.588. The lowest BCUT2D eigenvalue weighted by Gasteiger charge is -2.13. The number of carbonyl (C=O) groups is 1. The zero-order chi connectivity index (χ0) is 21.8. The van der Waals surface area contributed by atoms with Gasteiger partial charge in [0, 0.05) is 5.56 Å². The first kappa shape index (κ1) is 20.7. The van der Waals surface area contributed by atoms with E-state index in [1.807, 2.05) is 24.3 Å². The third-order valence-electron chi connectivity index (χ3n) is 5.87. The van der Waals surface area contributed by atoms with Gasteiger partial charge in [0.05, 0.1) is 19.8 Å². The van der Waals surface area contributed by atoms with Crippen LogP contribution in [0, 0.1) is 0 Å². The zero-order valence-corrected chi connectivity index (χ0v) is 17.9. The van der Waals surface area contributed by atoms with Crippen LogP contribution < -0.4 is 9.47 Å². The minimum absolute atomic E-state index is 0.321. The quantitative estimate of drug-likeness (QED) is 0.541. The van der Waals surface area contributed by atoms with Gasteiger partial charge in [0.25, 0.3) is 0 Å². The van der Waals surface area contributed by atoms with E-state index in [1.165, 1.54) is 22.3 Å². The third kappa shape index (κ3) is 4.33. The number of carboxylic acids is 1. The fourth-order valence-electron chi connectivity index (χ4n) is 4.33. The summed E-state index contributed by atoms with van der Waals surface area (Å²) >= 11 is 0. The van der Waals surface area contributed by atoms with E-state index < -0.39 is 5.97 Å². The molecule has 1 N–H and O–H groups in total. The monoisotopic (exact) mass is 414 g/mol. The molecular formula is C27H26O4. The van der Waals surface area contributed by atoms with E-state index in [-0.39, 0.29) is 0 Å². The van der Waals surface area contributed by atoms with E-state index in [0.717, 1.165) is 48.3 Å². The fraction of sp³-hybridized carbons (Fsp3) is 0.222. The summed E-state index contributed by atoms with van der Waals surface area (Å²) in [6.07, 6.45) is 6.03. The minimum atomic E-state index is -0.893. The Morgan fingerprint density at radius 3 is 2.42 bits per heavy atom. The van der Waals surface area contributed by atoms with Crippen LogP contribution in [0.15, 0.2) is 60.7 Å². The Morgan fingerprint density at radius 2 is 1.71 bits per heavy atom. The predicted molar refractivity (Wildman–Crippen MR) is 123 cm³/mol. The molecule has 3 aromatic carbocycles. The van der Waals surface area contributed by atoms with Crippen molar-refractivity contribution in [2.45, 2.75) is 25.7 Å². The number of carboxylic acid groups (broad SMARTS) is 1. The largest absolute Gasteiger partial charge is 0.493 e. The van der Waals surface area contributed by atoms with Crippen molar-refractivity contribution < 1.29 is 19.4 Å². The van der Waals surface area contributed by atoms with Crippen molar-refractivity contribution in [1.29, 1.82) is 0 Å². The topological polar surface area (TPSA) is 55.8 Å². The van der Waals surface area contributed by atoms with Crippen molar-refractivity contribution in [3.05, 3.63) is 94.0 Å². The maximum absolute atomic E-state index is 11.1. The number of benzene rings is 3. The molecule has 4 rings (SSSR count). The van der Waals surface area contributed by atoms with E-state index in [0.29, 0.717) is 5.56 Å². The molecule has 31 heavy (non-hydrogen) atoms. The standard InChI is InChI=1S/C27H26O4/c1-30-24-8-4-7-23(26(24)31-2)17-22-16-15-20-6-3-5-19(25(20)22)12-9-18-10-13-21(14-11-18)27(28)29/h3-8,10-11,13-14,17H,9,12,15-16H2,1-2H3,(H,28,29)/b22-17+. The fourth-order valence-corrected chi connectivity index (χ4v) is 4.33. The van der Waals surface area contributed by atoms with E-state index in [9.17, 15) is 4.79 Å². The Kier molecular flexibility index (Phi) is 6.08. The second-order valence-corrected chi connectivity index (χ2v) is 7.71. The lowest BCUT2D eigenvalue weighted by molar-refractivity contribution is 0.0697. The Morgan fingerprint density at radius 1 is 0.935 bits per heavy atom. The lowest BCUT2D eigenvalue weighted by atomic mass is 9.94. The summed E-state index contributed by atoms with van der Waals surface area (Å²) in [7, 11) is 3.32. The number of para-hydroxylation sites is 1. The van der Waals surface area contributed by atoms with Gasteiger partial charge in [-0.05, 0) is 77.8 Å². The van der Waals surface area contributed by atoms with Gasteiger partial charge in [0.1, 0.15) is 0 Å². The lowest BCUT2D eigenvalue weighted by Crippen LogP contribution is -1.99. The Labute approximate surface area is 182 Å². The van der Waals surface area contributed by atoms with Crippen molar-refractivity contribution >= 4 is 17.6 Å². The molecule has 4 nitrogen and oxygen atoms in total. The number of hydrogen-bond donors (Lipinski definition) is 1. The molecule has 0 aromatic heterocycles. The van der Waals surface area contributed by atoms with Gasteiger partial charge >= 0.3 is 5.97 Å². The number of fused-ring (bicyclic) bond motifs is 1. The third-order valence-corrected chi connectivity index (χ3v) is 5.87. The first-order valence-corrected chi connectivity index (χ1v) is 10.5. The van der Waals surface area contributed by atoms with E-state index in [2.05, 4.69) is 30.3 Å². The number of allylic oxidation sites excluding steroid dienone is 1. The highest BCUT2D eigenvalue weighted by atomic mass is 16.5. The maximum Gasteiger partial charge on any atom is 0.335 e. The number of methoxy groups -OCH3 is 2. The summed E-state index contributed by atoms with van der Waals surface area (Å²) in [5.41, 5.74) is 7.84. The molecule has 0 bridgehead atoms. The summed E-state index contributed by atoms with van der Waals surface area (Å²) in [4.78, 5) is 11.1. The van der Waals surface area contributed by atoms with Crippen LogP contribution in [-0.2, 0) is 19.3 Å². The van der Waals surface area contributed by atoms with Gasteiger partial charge < -0.3 is 14.6 Å². The van der Waals surface area contributed by atoms with E-state index in [4.69, 9.17) is 14.6 Å². The molecule has 1 aliphatic carbocycles. The smallest absolute Gasteiger partial charge is 0.335 e. The van der Waals surface area contributed by atoms with Crippen molar-refractivity contribution in [3.63, 3.8) is 0 Å². The number of rotatable bonds is 7. The van der Waals surface area contributed by atoms with E-state index in [1.54, 1.807) is 26.4 Å². The van der Waals surface area contributed by atoms with Crippen molar-refractivity contribution in [3.8, 4) is 11.5 Å².